The predicted molar refractivity (Wildman–Crippen MR) is 68.8 cm³/mol. The lowest BCUT2D eigenvalue weighted by Crippen LogP contribution is -2.36. The molecule has 18 heavy (non-hydrogen) atoms. The van der Waals surface area contributed by atoms with E-state index in [4.69, 9.17) is 0 Å². The molecule has 1 fully saturated rings. The number of hydrogen-bond acceptors (Lipinski definition) is 4. The second-order valence-electron chi connectivity index (χ2n) is 4.45. The summed E-state index contributed by atoms with van der Waals surface area (Å²) in [4.78, 5) is 32.0. The van der Waals surface area contributed by atoms with E-state index in [-0.39, 0.29) is 18.0 Å². The zero-order valence-electron chi connectivity index (χ0n) is 10.7. The summed E-state index contributed by atoms with van der Waals surface area (Å²) in [6.45, 7) is 2.78. The summed E-state index contributed by atoms with van der Waals surface area (Å²) in [7, 11) is 1.59. The fraction of sp³-hybridized carbons (Fsp3) is 0.583. The predicted octanol–water partition coefficient (Wildman–Crippen LogP) is 0.220. The lowest BCUT2D eigenvalue weighted by atomic mass is 10.3. The number of amides is 1. The molecule has 0 aliphatic heterocycles. The van der Waals surface area contributed by atoms with Crippen molar-refractivity contribution in [1.29, 1.82) is 0 Å². The van der Waals surface area contributed by atoms with Crippen LogP contribution in [0.2, 0.25) is 0 Å². The minimum Gasteiger partial charge on any atom is -0.358 e. The Bertz CT molecular complexity index is 493. The summed E-state index contributed by atoms with van der Waals surface area (Å²) in [6, 6.07) is 1.44. The Morgan fingerprint density at radius 2 is 2.33 bits per heavy atom. The lowest BCUT2D eigenvalue weighted by Gasteiger charge is -2.21. The highest BCUT2D eigenvalue weighted by Gasteiger charge is 2.27. The van der Waals surface area contributed by atoms with Crippen LogP contribution in [0.15, 0.2) is 10.9 Å². The first kappa shape index (κ1) is 12.6. The maximum atomic E-state index is 11.6. The van der Waals surface area contributed by atoms with Crippen LogP contribution in [0.5, 0.6) is 0 Å². The maximum absolute atomic E-state index is 11.6. The number of hydrogen-bond donors (Lipinski definition) is 2. The SMILES string of the molecule is CCN(CC(=O)NC)c1cc(=O)[nH]c(C2CC2)n1. The normalized spacial score (nSPS) is 14.3. The van der Waals surface area contributed by atoms with E-state index in [1.165, 1.54) is 6.07 Å². The molecule has 98 valence electrons. The van der Waals surface area contributed by atoms with E-state index >= 15 is 0 Å². The largest absolute Gasteiger partial charge is 0.358 e. The first-order valence-corrected chi connectivity index (χ1v) is 6.20. The fourth-order valence-corrected chi connectivity index (χ4v) is 1.78. The van der Waals surface area contributed by atoms with E-state index in [1.807, 2.05) is 6.92 Å². The van der Waals surface area contributed by atoms with Crippen molar-refractivity contribution in [2.24, 2.45) is 0 Å². The van der Waals surface area contributed by atoms with Gasteiger partial charge in [-0.2, -0.15) is 0 Å². The number of aromatic nitrogens is 2. The molecule has 2 N–H and O–H groups in total. The van der Waals surface area contributed by atoms with Crippen LogP contribution in [0.4, 0.5) is 5.82 Å². The number of carbonyl (C=O) groups is 1. The molecule has 6 nitrogen and oxygen atoms in total. The molecule has 0 atom stereocenters. The van der Waals surface area contributed by atoms with Gasteiger partial charge in [-0.1, -0.05) is 0 Å². The van der Waals surface area contributed by atoms with Crippen molar-refractivity contribution < 1.29 is 4.79 Å². The van der Waals surface area contributed by atoms with E-state index in [9.17, 15) is 9.59 Å². The van der Waals surface area contributed by atoms with Gasteiger partial charge in [0.1, 0.15) is 11.6 Å². The highest BCUT2D eigenvalue weighted by atomic mass is 16.2. The molecule has 1 aromatic rings. The van der Waals surface area contributed by atoms with Gasteiger partial charge < -0.3 is 15.2 Å². The van der Waals surface area contributed by atoms with E-state index in [2.05, 4.69) is 15.3 Å². The van der Waals surface area contributed by atoms with Crippen LogP contribution >= 0.6 is 0 Å². The number of carbonyl (C=O) groups excluding carboxylic acids is 1. The van der Waals surface area contributed by atoms with Crippen molar-refractivity contribution in [1.82, 2.24) is 15.3 Å². The lowest BCUT2D eigenvalue weighted by molar-refractivity contribution is -0.119. The smallest absolute Gasteiger partial charge is 0.252 e. The summed E-state index contributed by atoms with van der Waals surface area (Å²) < 4.78 is 0. The maximum Gasteiger partial charge on any atom is 0.252 e. The molecule has 1 amide bonds. The zero-order valence-corrected chi connectivity index (χ0v) is 10.7. The molecule has 1 aromatic heterocycles. The number of nitrogens with one attached hydrogen (secondary N) is 2. The number of aromatic amines is 1. The van der Waals surface area contributed by atoms with Gasteiger partial charge in [0.25, 0.3) is 5.56 Å². The molecule has 0 unspecified atom stereocenters. The Hall–Kier alpha value is -1.85. The molecule has 0 aromatic carbocycles. The Kier molecular flexibility index (Phi) is 3.64. The third kappa shape index (κ3) is 2.88. The van der Waals surface area contributed by atoms with E-state index in [1.54, 1.807) is 11.9 Å². The molecule has 6 heteroatoms. The van der Waals surface area contributed by atoms with E-state index in [0.717, 1.165) is 18.7 Å². The molecule has 0 saturated heterocycles. The van der Waals surface area contributed by atoms with Gasteiger partial charge in [-0.25, -0.2) is 4.98 Å². The Morgan fingerprint density at radius 3 is 2.89 bits per heavy atom. The standard InChI is InChI=1S/C12H18N4O2/c1-3-16(7-11(18)13-2)9-6-10(17)15-12(14-9)8-4-5-8/h6,8H,3-5,7H2,1-2H3,(H,13,18)(H,14,15,17). The molecule has 2 rings (SSSR count). The number of nitrogens with zero attached hydrogens (tertiary/aromatic N) is 2. The van der Waals surface area contributed by atoms with Crippen molar-refractivity contribution in [2.45, 2.75) is 25.7 Å². The van der Waals surface area contributed by atoms with Crippen molar-refractivity contribution in [3.8, 4) is 0 Å². The third-order valence-electron chi connectivity index (χ3n) is 3.03. The minimum atomic E-state index is -0.155. The third-order valence-corrected chi connectivity index (χ3v) is 3.03. The first-order chi connectivity index (χ1) is 8.63. The van der Waals surface area contributed by atoms with E-state index < -0.39 is 0 Å². The summed E-state index contributed by atoms with van der Waals surface area (Å²) in [6.07, 6.45) is 2.15. The Balaban J connectivity index is 2.23. The van der Waals surface area contributed by atoms with Gasteiger partial charge in [0.15, 0.2) is 0 Å². The zero-order chi connectivity index (χ0) is 13.1. The van der Waals surface area contributed by atoms with Gasteiger partial charge in [0, 0.05) is 25.6 Å². The summed E-state index contributed by atoms with van der Waals surface area (Å²) in [5, 5.41) is 2.57. The summed E-state index contributed by atoms with van der Waals surface area (Å²) in [5.41, 5.74) is -0.155. The van der Waals surface area contributed by atoms with Gasteiger partial charge in [-0.3, -0.25) is 9.59 Å². The van der Waals surface area contributed by atoms with Gasteiger partial charge in [-0.05, 0) is 19.8 Å². The number of anilines is 1. The molecule has 0 spiro atoms. The van der Waals surface area contributed by atoms with Crippen LogP contribution < -0.4 is 15.8 Å². The quantitative estimate of drug-likeness (QED) is 0.783. The summed E-state index contributed by atoms with van der Waals surface area (Å²) in [5.74, 6) is 1.61. The molecule has 1 heterocycles. The van der Waals surface area contributed by atoms with E-state index in [0.29, 0.717) is 18.3 Å². The van der Waals surface area contributed by atoms with Crippen LogP contribution in [-0.2, 0) is 4.79 Å². The first-order valence-electron chi connectivity index (χ1n) is 6.20. The van der Waals surface area contributed by atoms with Crippen molar-refractivity contribution in [2.75, 3.05) is 25.0 Å². The van der Waals surface area contributed by atoms with Crippen LogP contribution in [0.25, 0.3) is 0 Å². The molecule has 1 saturated carbocycles. The molecule has 1 aliphatic rings. The van der Waals surface area contributed by atoms with Gasteiger partial charge in [0.05, 0.1) is 6.54 Å². The molecule has 0 radical (unpaired) electrons. The average Bonchev–Trinajstić information content (AvgIpc) is 3.18. The highest BCUT2D eigenvalue weighted by Crippen LogP contribution is 2.37. The van der Waals surface area contributed by atoms with Crippen LogP contribution in [0.1, 0.15) is 31.5 Å². The van der Waals surface area contributed by atoms with Gasteiger partial charge in [0.2, 0.25) is 5.91 Å². The average molecular weight is 250 g/mol. The number of likely N-dealkylation sites (N-methyl/N-ethyl adjacent to an activating group) is 2. The minimum absolute atomic E-state index is 0.0908. The molecule has 1 aliphatic carbocycles. The highest BCUT2D eigenvalue weighted by molar-refractivity contribution is 5.80. The molecule has 0 bridgehead atoms. The van der Waals surface area contributed by atoms with Crippen molar-refractivity contribution >= 4 is 11.7 Å². The molecular formula is C12H18N4O2. The van der Waals surface area contributed by atoms with Gasteiger partial charge >= 0.3 is 0 Å². The Morgan fingerprint density at radius 1 is 1.61 bits per heavy atom. The number of rotatable bonds is 5. The van der Waals surface area contributed by atoms with Crippen molar-refractivity contribution in [3.05, 3.63) is 22.2 Å². The van der Waals surface area contributed by atoms with Crippen LogP contribution in [0.3, 0.4) is 0 Å². The van der Waals surface area contributed by atoms with Gasteiger partial charge in [-0.15, -0.1) is 0 Å². The monoisotopic (exact) mass is 250 g/mol. The van der Waals surface area contributed by atoms with Crippen molar-refractivity contribution in [3.63, 3.8) is 0 Å². The fourth-order valence-electron chi connectivity index (χ4n) is 1.78. The molecular weight excluding hydrogens is 232 g/mol. The van der Waals surface area contributed by atoms with Crippen LogP contribution in [0, 0.1) is 0 Å². The second-order valence-corrected chi connectivity index (χ2v) is 4.45. The summed E-state index contributed by atoms with van der Waals surface area (Å²) >= 11 is 0. The Labute approximate surface area is 105 Å². The van der Waals surface area contributed by atoms with Crippen LogP contribution in [-0.4, -0.2) is 36.0 Å². The topological polar surface area (TPSA) is 78.1 Å². The second kappa shape index (κ2) is 5.20. The number of H-pyrrole nitrogens is 1.